The molecule has 0 heterocycles. The Bertz CT molecular complexity index is 78.6. The Morgan fingerprint density at radius 3 is 2.62 bits per heavy atom. The second-order valence-electron chi connectivity index (χ2n) is 1.51. The summed E-state index contributed by atoms with van der Waals surface area (Å²) in [6.45, 7) is 7.83. The number of nitrogens with zero attached hydrogens (tertiary/aromatic N) is 1. The molecule has 0 spiro atoms. The maximum atomic E-state index is 3.57. The van der Waals surface area contributed by atoms with E-state index in [0.29, 0.717) is 0 Å². The zero-order valence-corrected chi connectivity index (χ0v) is 5.22. The normalized spacial score (nSPS) is 7.62. The molecule has 0 amide bonds. The van der Waals surface area contributed by atoms with Gasteiger partial charge in [-0.1, -0.05) is 13.2 Å². The summed E-state index contributed by atoms with van der Waals surface area (Å²) < 4.78 is 0. The van der Waals surface area contributed by atoms with Crippen LogP contribution in [0.2, 0.25) is 0 Å². The van der Waals surface area contributed by atoms with Crippen LogP contribution in [-0.4, -0.2) is 18.6 Å². The minimum absolute atomic E-state index is 0.771. The van der Waals surface area contributed by atoms with Crippen molar-refractivity contribution in [1.29, 1.82) is 0 Å². The molecular formula is C6H12N2. The molecule has 0 aliphatic heterocycles. The lowest BCUT2D eigenvalue weighted by Crippen LogP contribution is -2.22. The van der Waals surface area contributed by atoms with Gasteiger partial charge in [0.2, 0.25) is 0 Å². The maximum absolute atomic E-state index is 3.57. The summed E-state index contributed by atoms with van der Waals surface area (Å²) in [4.78, 5) is 1.92. The van der Waals surface area contributed by atoms with Crippen LogP contribution < -0.4 is 5.32 Å². The van der Waals surface area contributed by atoms with Crippen LogP contribution in [-0.2, 0) is 0 Å². The van der Waals surface area contributed by atoms with Crippen LogP contribution in [0.15, 0.2) is 25.6 Å². The van der Waals surface area contributed by atoms with E-state index in [0.717, 1.165) is 6.67 Å². The first-order valence-corrected chi connectivity index (χ1v) is 2.48. The van der Waals surface area contributed by atoms with Crippen molar-refractivity contribution in [2.45, 2.75) is 0 Å². The molecule has 0 aliphatic carbocycles. The molecule has 0 aromatic rings. The van der Waals surface area contributed by atoms with E-state index >= 15 is 0 Å². The molecule has 0 unspecified atom stereocenters. The van der Waals surface area contributed by atoms with Crippen LogP contribution in [0.5, 0.6) is 0 Å². The highest BCUT2D eigenvalue weighted by atomic mass is 15.2. The Labute approximate surface area is 50.5 Å². The second kappa shape index (κ2) is 4.24. The largest absolute Gasteiger partial charge is 0.374 e. The Morgan fingerprint density at radius 2 is 2.25 bits per heavy atom. The van der Waals surface area contributed by atoms with Crippen LogP contribution in [0.25, 0.3) is 0 Å². The van der Waals surface area contributed by atoms with Gasteiger partial charge in [-0.15, -0.1) is 0 Å². The second-order valence-corrected chi connectivity index (χ2v) is 1.51. The maximum Gasteiger partial charge on any atom is 0.0863 e. The molecule has 8 heavy (non-hydrogen) atoms. The Hall–Kier alpha value is -0.920. The van der Waals surface area contributed by atoms with Crippen molar-refractivity contribution in [3.8, 4) is 0 Å². The van der Waals surface area contributed by atoms with Gasteiger partial charge >= 0.3 is 0 Å². The first kappa shape index (κ1) is 7.08. The summed E-state index contributed by atoms with van der Waals surface area (Å²) >= 11 is 0. The lowest BCUT2D eigenvalue weighted by molar-refractivity contribution is 0.438. The molecule has 0 rings (SSSR count). The number of hydrogen-bond donors (Lipinski definition) is 1. The molecule has 0 aromatic heterocycles. The summed E-state index contributed by atoms with van der Waals surface area (Å²) in [5.41, 5.74) is 0. The average molecular weight is 112 g/mol. The topological polar surface area (TPSA) is 15.3 Å². The molecule has 0 radical (unpaired) electrons. The van der Waals surface area contributed by atoms with Gasteiger partial charge in [0.05, 0.1) is 6.67 Å². The zero-order valence-electron chi connectivity index (χ0n) is 5.22. The first-order chi connectivity index (χ1) is 3.81. The van der Waals surface area contributed by atoms with E-state index in [9.17, 15) is 0 Å². The Kier molecular flexibility index (Phi) is 3.76. The Morgan fingerprint density at radius 1 is 1.62 bits per heavy atom. The van der Waals surface area contributed by atoms with Crippen molar-refractivity contribution in [3.63, 3.8) is 0 Å². The van der Waals surface area contributed by atoms with Crippen molar-refractivity contribution in [1.82, 2.24) is 10.2 Å². The van der Waals surface area contributed by atoms with E-state index in [-0.39, 0.29) is 0 Å². The minimum atomic E-state index is 0.771. The van der Waals surface area contributed by atoms with Gasteiger partial charge in [-0.05, 0) is 12.4 Å². The van der Waals surface area contributed by atoms with E-state index < -0.39 is 0 Å². The van der Waals surface area contributed by atoms with E-state index in [1.165, 1.54) is 0 Å². The van der Waals surface area contributed by atoms with Gasteiger partial charge in [-0.2, -0.15) is 0 Å². The van der Waals surface area contributed by atoms with Crippen LogP contribution >= 0.6 is 0 Å². The molecule has 46 valence electrons. The summed E-state index contributed by atoms with van der Waals surface area (Å²) in [6.07, 6.45) is 3.40. The SMILES string of the molecule is C=CNCN(C)C=C. The van der Waals surface area contributed by atoms with Gasteiger partial charge in [0.15, 0.2) is 0 Å². The van der Waals surface area contributed by atoms with Crippen molar-refractivity contribution >= 4 is 0 Å². The fraction of sp³-hybridized carbons (Fsp3) is 0.333. The molecule has 2 nitrogen and oxygen atoms in total. The monoisotopic (exact) mass is 112 g/mol. The van der Waals surface area contributed by atoms with Crippen molar-refractivity contribution < 1.29 is 0 Å². The van der Waals surface area contributed by atoms with Gasteiger partial charge in [0.25, 0.3) is 0 Å². The molecule has 1 N–H and O–H groups in total. The third kappa shape index (κ3) is 3.28. The van der Waals surface area contributed by atoms with Gasteiger partial charge < -0.3 is 10.2 Å². The van der Waals surface area contributed by atoms with Crippen LogP contribution in [0.3, 0.4) is 0 Å². The highest BCUT2D eigenvalue weighted by Crippen LogP contribution is 1.74. The lowest BCUT2D eigenvalue weighted by atomic mass is 10.8. The van der Waals surface area contributed by atoms with Crippen molar-refractivity contribution in [3.05, 3.63) is 25.6 Å². The molecule has 2 heteroatoms. The van der Waals surface area contributed by atoms with Gasteiger partial charge in [-0.3, -0.25) is 0 Å². The third-order valence-electron chi connectivity index (χ3n) is 0.797. The average Bonchev–Trinajstić information content (AvgIpc) is 1.83. The molecule has 0 bridgehead atoms. The quantitative estimate of drug-likeness (QED) is 0.540. The summed E-state index contributed by atoms with van der Waals surface area (Å²) in [7, 11) is 1.93. The van der Waals surface area contributed by atoms with E-state index in [1.54, 1.807) is 12.4 Å². The number of nitrogens with one attached hydrogen (secondary N) is 1. The Balaban J connectivity index is 3.09. The summed E-state index contributed by atoms with van der Waals surface area (Å²) in [5.74, 6) is 0. The zero-order chi connectivity index (χ0) is 6.41. The number of rotatable bonds is 4. The molecule has 0 saturated heterocycles. The fourth-order valence-corrected chi connectivity index (χ4v) is 0.273. The van der Waals surface area contributed by atoms with Crippen LogP contribution in [0.4, 0.5) is 0 Å². The van der Waals surface area contributed by atoms with Crippen LogP contribution in [0, 0.1) is 0 Å². The van der Waals surface area contributed by atoms with E-state index in [2.05, 4.69) is 18.5 Å². The lowest BCUT2D eigenvalue weighted by Gasteiger charge is -2.11. The van der Waals surface area contributed by atoms with Crippen LogP contribution in [0.1, 0.15) is 0 Å². The predicted octanol–water partition coefficient (Wildman–Crippen LogP) is 0.752. The van der Waals surface area contributed by atoms with Gasteiger partial charge in [0.1, 0.15) is 0 Å². The molecule has 0 aliphatic rings. The standard InChI is InChI=1S/C6H12N2/c1-4-7-6-8(3)5-2/h4-5,7H,1-2,6H2,3H3. The number of hydrogen-bond acceptors (Lipinski definition) is 2. The van der Waals surface area contributed by atoms with Crippen molar-refractivity contribution in [2.75, 3.05) is 13.7 Å². The molecular weight excluding hydrogens is 100 g/mol. The highest BCUT2D eigenvalue weighted by molar-refractivity contribution is 4.68. The van der Waals surface area contributed by atoms with Gasteiger partial charge in [0, 0.05) is 7.05 Å². The fourth-order valence-electron chi connectivity index (χ4n) is 0.273. The summed E-state index contributed by atoms with van der Waals surface area (Å²) in [5, 5.41) is 2.92. The summed E-state index contributed by atoms with van der Waals surface area (Å²) in [6, 6.07) is 0. The minimum Gasteiger partial charge on any atom is -0.374 e. The van der Waals surface area contributed by atoms with Crippen molar-refractivity contribution in [2.24, 2.45) is 0 Å². The molecule has 0 aromatic carbocycles. The smallest absolute Gasteiger partial charge is 0.0863 e. The van der Waals surface area contributed by atoms with E-state index in [4.69, 9.17) is 0 Å². The predicted molar refractivity (Wildman–Crippen MR) is 36.2 cm³/mol. The first-order valence-electron chi connectivity index (χ1n) is 2.48. The highest BCUT2D eigenvalue weighted by Gasteiger charge is 1.80. The third-order valence-corrected chi connectivity index (χ3v) is 0.797. The van der Waals surface area contributed by atoms with Gasteiger partial charge in [-0.25, -0.2) is 0 Å². The molecule has 0 fully saturated rings. The molecule has 0 atom stereocenters. The van der Waals surface area contributed by atoms with E-state index in [1.807, 2.05) is 11.9 Å². The molecule has 0 saturated carbocycles.